The van der Waals surface area contributed by atoms with Crippen LogP contribution in [0.15, 0.2) is 45.9 Å². The zero-order valence-electron chi connectivity index (χ0n) is 15.5. The van der Waals surface area contributed by atoms with E-state index in [1.54, 1.807) is 0 Å². The van der Waals surface area contributed by atoms with E-state index in [-0.39, 0.29) is 16.6 Å². The predicted molar refractivity (Wildman–Crippen MR) is 91.9 cm³/mol. The molecule has 25 heavy (non-hydrogen) atoms. The van der Waals surface area contributed by atoms with Crippen LogP contribution >= 0.6 is 15.9 Å². The van der Waals surface area contributed by atoms with Crippen molar-refractivity contribution in [3.8, 4) is 0 Å². The number of fused-ring (bicyclic) bond motifs is 1. The molecule has 0 saturated carbocycles. The number of hydrogen-bond donors (Lipinski definition) is 0. The van der Waals surface area contributed by atoms with Gasteiger partial charge in [-0.15, -0.1) is 0 Å². The Labute approximate surface area is 153 Å². The lowest BCUT2D eigenvalue weighted by Crippen LogP contribution is -2.30. The lowest BCUT2D eigenvalue weighted by atomic mass is 10.2. The highest BCUT2D eigenvalue weighted by molar-refractivity contribution is 9.10. The molecule has 0 bridgehead atoms. The van der Waals surface area contributed by atoms with Gasteiger partial charge in [0, 0.05) is 23.0 Å². The Balaban J connectivity index is 2.39. The first kappa shape index (κ1) is 13.8. The largest absolute Gasteiger partial charge is 0.349 e. The Kier molecular flexibility index (Phi) is 3.78. The topological polar surface area (TPSA) is 51.0 Å². The van der Waals surface area contributed by atoms with Crippen LogP contribution in [0, 0.1) is 5.82 Å². The van der Waals surface area contributed by atoms with Crippen molar-refractivity contribution >= 4 is 38.3 Å². The number of pyridine rings is 1. The Morgan fingerprint density at radius 2 is 2.20 bits per heavy atom. The van der Waals surface area contributed by atoms with Gasteiger partial charge >= 0.3 is 5.69 Å². The number of benzene rings is 1. The molecule has 0 N–H and O–H groups in total. The fourth-order valence-electron chi connectivity index (χ4n) is 2.43. The van der Waals surface area contributed by atoms with Crippen molar-refractivity contribution in [1.82, 2.24) is 14.5 Å². The number of anilines is 2. The fourth-order valence-corrected chi connectivity index (χ4v) is 2.78. The summed E-state index contributed by atoms with van der Waals surface area (Å²) < 4.78 is 64.5. The third-order valence-electron chi connectivity index (χ3n) is 3.45. The van der Waals surface area contributed by atoms with Crippen molar-refractivity contribution < 1.29 is 17.3 Å². The lowest BCUT2D eigenvalue weighted by Gasteiger charge is -2.25. The van der Waals surface area contributed by atoms with Crippen molar-refractivity contribution in [2.45, 2.75) is 6.43 Å². The normalized spacial score (nSPS) is 13.6. The van der Waals surface area contributed by atoms with Gasteiger partial charge in [-0.3, -0.25) is 4.57 Å². The Bertz CT molecular complexity index is 1090. The first-order chi connectivity index (χ1) is 13.1. The van der Waals surface area contributed by atoms with E-state index >= 15 is 0 Å². The standard InChI is InChI=1S/C16H12BrF3N4O/c1-23-11-4-2-3-10(18)14(11)15(22-16(23)25)24(8-13(19)20)9-5-6-21-12(17)7-9/h2-7,13H,8H2,1H3/i1D3. The van der Waals surface area contributed by atoms with E-state index in [4.69, 9.17) is 4.11 Å². The quantitative estimate of drug-likeness (QED) is 0.610. The van der Waals surface area contributed by atoms with Crippen molar-refractivity contribution in [3.63, 3.8) is 0 Å². The molecule has 2 heterocycles. The van der Waals surface area contributed by atoms with E-state index in [1.165, 1.54) is 30.5 Å². The van der Waals surface area contributed by atoms with Crippen LogP contribution < -0.4 is 10.6 Å². The molecule has 0 unspecified atom stereocenters. The van der Waals surface area contributed by atoms with Gasteiger partial charge in [0.05, 0.1) is 17.4 Å². The second-order valence-electron chi connectivity index (χ2n) is 5.03. The van der Waals surface area contributed by atoms with E-state index in [9.17, 15) is 18.0 Å². The number of nitrogens with zero attached hydrogens (tertiary/aromatic N) is 4. The molecule has 0 fully saturated rings. The molecule has 9 heteroatoms. The average molecular weight is 416 g/mol. The molecule has 0 saturated heterocycles. The van der Waals surface area contributed by atoms with Crippen molar-refractivity contribution in [2.75, 3.05) is 11.4 Å². The highest BCUT2D eigenvalue weighted by Gasteiger charge is 2.22. The van der Waals surface area contributed by atoms with E-state index < -0.39 is 37.3 Å². The first-order valence-electron chi connectivity index (χ1n) is 8.48. The zero-order chi connectivity index (χ0) is 20.6. The molecule has 1 aromatic carbocycles. The molecular formula is C16H12BrF3N4O. The summed E-state index contributed by atoms with van der Waals surface area (Å²) in [5.74, 6) is -1.30. The van der Waals surface area contributed by atoms with Crippen molar-refractivity contribution in [1.29, 1.82) is 0 Å². The van der Waals surface area contributed by atoms with Gasteiger partial charge < -0.3 is 4.90 Å². The summed E-state index contributed by atoms with van der Waals surface area (Å²) in [6.07, 6.45) is -1.51. The van der Waals surface area contributed by atoms with Gasteiger partial charge in [0.2, 0.25) is 0 Å². The van der Waals surface area contributed by atoms with E-state index in [2.05, 4.69) is 25.9 Å². The molecule has 3 rings (SSSR count). The highest BCUT2D eigenvalue weighted by atomic mass is 79.9. The molecule has 0 spiro atoms. The molecule has 3 aromatic rings. The van der Waals surface area contributed by atoms with Crippen LogP contribution in [0.5, 0.6) is 0 Å². The predicted octanol–water partition coefficient (Wildman–Crippen LogP) is 3.63. The second kappa shape index (κ2) is 6.83. The summed E-state index contributed by atoms with van der Waals surface area (Å²) in [6, 6.07) is 6.26. The zero-order valence-corrected chi connectivity index (χ0v) is 14.0. The van der Waals surface area contributed by atoms with Crippen LogP contribution in [-0.4, -0.2) is 27.5 Å². The summed E-state index contributed by atoms with van der Waals surface area (Å²) in [7, 11) is 0. The summed E-state index contributed by atoms with van der Waals surface area (Å²) in [6.45, 7) is -3.83. The van der Waals surface area contributed by atoms with Gasteiger partial charge in [-0.2, -0.15) is 4.98 Å². The van der Waals surface area contributed by atoms with Crippen LogP contribution in [0.25, 0.3) is 10.9 Å². The minimum Gasteiger partial charge on any atom is -0.320 e. The maximum absolute atomic E-state index is 14.7. The van der Waals surface area contributed by atoms with Crippen LogP contribution in [0.2, 0.25) is 0 Å². The molecule has 0 aliphatic carbocycles. The molecule has 0 aliphatic heterocycles. The van der Waals surface area contributed by atoms with Crippen LogP contribution in [0.1, 0.15) is 4.11 Å². The smallest absolute Gasteiger partial charge is 0.320 e. The van der Waals surface area contributed by atoms with Crippen LogP contribution in [-0.2, 0) is 6.98 Å². The summed E-state index contributed by atoms with van der Waals surface area (Å²) in [5.41, 5.74) is -1.31. The number of halogens is 4. The third kappa shape index (κ3) is 3.37. The van der Waals surface area contributed by atoms with E-state index in [1.807, 2.05) is 0 Å². The molecule has 0 atom stereocenters. The number of alkyl halides is 2. The summed E-state index contributed by atoms with van der Waals surface area (Å²) >= 11 is 3.13. The first-order valence-corrected chi connectivity index (χ1v) is 7.78. The van der Waals surface area contributed by atoms with Gasteiger partial charge in [0.25, 0.3) is 6.43 Å². The van der Waals surface area contributed by atoms with Gasteiger partial charge in [-0.1, -0.05) is 6.07 Å². The van der Waals surface area contributed by atoms with Gasteiger partial charge in [-0.25, -0.2) is 22.9 Å². The minimum absolute atomic E-state index is 0.172. The Morgan fingerprint density at radius 1 is 1.40 bits per heavy atom. The van der Waals surface area contributed by atoms with Crippen molar-refractivity contribution in [3.05, 3.63) is 57.4 Å². The van der Waals surface area contributed by atoms with Crippen LogP contribution in [0.3, 0.4) is 0 Å². The highest BCUT2D eigenvalue weighted by Crippen LogP contribution is 2.32. The Morgan fingerprint density at radius 3 is 2.88 bits per heavy atom. The fraction of sp³-hybridized carbons (Fsp3) is 0.188. The lowest BCUT2D eigenvalue weighted by molar-refractivity contribution is 0.157. The monoisotopic (exact) mass is 415 g/mol. The minimum atomic E-state index is -2.93. The van der Waals surface area contributed by atoms with Gasteiger partial charge in [0.1, 0.15) is 10.4 Å². The molecule has 0 amide bonds. The molecule has 0 aliphatic rings. The summed E-state index contributed by atoms with van der Waals surface area (Å²) in [5, 5.41) is -0.355. The molecule has 0 radical (unpaired) electrons. The number of aryl methyl sites for hydroxylation is 1. The number of aromatic nitrogens is 3. The van der Waals surface area contributed by atoms with Gasteiger partial charge in [-0.05, 0) is 40.2 Å². The van der Waals surface area contributed by atoms with Crippen LogP contribution in [0.4, 0.5) is 24.7 Å². The number of rotatable bonds is 4. The Hall–Kier alpha value is -2.42. The molecule has 2 aromatic heterocycles. The number of hydrogen-bond acceptors (Lipinski definition) is 4. The SMILES string of the molecule is [2H]C([2H])([2H])n1c(=O)nc(N(CC(F)F)c2ccnc(Br)c2)c2c(F)cccc21. The van der Waals surface area contributed by atoms with E-state index in [0.29, 0.717) is 9.17 Å². The average Bonchev–Trinajstić information content (AvgIpc) is 2.57. The van der Waals surface area contributed by atoms with Gasteiger partial charge in [0.15, 0.2) is 5.82 Å². The third-order valence-corrected chi connectivity index (χ3v) is 3.88. The van der Waals surface area contributed by atoms with E-state index in [0.717, 1.165) is 11.0 Å². The maximum atomic E-state index is 14.7. The molecule has 5 nitrogen and oxygen atoms in total. The maximum Gasteiger partial charge on any atom is 0.349 e. The van der Waals surface area contributed by atoms with Crippen molar-refractivity contribution in [2.24, 2.45) is 6.98 Å². The second-order valence-corrected chi connectivity index (χ2v) is 5.84. The molecular weight excluding hydrogens is 401 g/mol. The summed E-state index contributed by atoms with van der Waals surface area (Å²) in [4.78, 5) is 20.9. The molecule has 130 valence electrons.